The number of benzene rings is 3. The third-order valence-corrected chi connectivity index (χ3v) is 3.06. The first-order valence-electron chi connectivity index (χ1n) is 6.76. The predicted octanol–water partition coefficient (Wildman–Crippen LogP) is 4.76. The van der Waals surface area contributed by atoms with Crippen molar-refractivity contribution in [3.63, 3.8) is 0 Å². The molecule has 0 aliphatic heterocycles. The second kappa shape index (κ2) is 7.15. The van der Waals surface area contributed by atoms with Gasteiger partial charge in [-0.05, 0) is 35.7 Å². The molecule has 0 unspecified atom stereocenters. The molecular weight excluding hydrogens is 260 g/mol. The van der Waals surface area contributed by atoms with Gasteiger partial charge in [0.25, 0.3) is 0 Å². The topological polar surface area (TPSA) is 40.5 Å². The number of hydrogen-bond donors (Lipinski definition) is 2. The fourth-order valence-corrected chi connectivity index (χ4v) is 2.01. The molecule has 3 aromatic carbocycles. The van der Waals surface area contributed by atoms with Gasteiger partial charge in [0.1, 0.15) is 11.5 Å². The van der Waals surface area contributed by atoms with E-state index in [1.165, 1.54) is 34.9 Å². The number of phenols is 2. The van der Waals surface area contributed by atoms with Crippen LogP contribution in [0, 0.1) is 6.92 Å². The monoisotopic (exact) mass is 278 g/mol. The molecule has 0 heterocycles. The lowest BCUT2D eigenvalue weighted by atomic mass is 10.0. The maximum Gasteiger partial charge on any atom is 0.119 e. The standard InChI is InChI=1S/C13H12.C6H6O2/c1-11-7-5-6-10-13(11)12-8-3-2-4-9-12;7-5-2-1-3-6(8)4-5/h2-10H,1H3;1-4,7-8H. The van der Waals surface area contributed by atoms with Crippen LogP contribution in [0.2, 0.25) is 0 Å². The first kappa shape index (κ1) is 14.7. The molecule has 2 N–H and O–H groups in total. The van der Waals surface area contributed by atoms with Gasteiger partial charge in [0.05, 0.1) is 0 Å². The second-order valence-electron chi connectivity index (χ2n) is 4.70. The van der Waals surface area contributed by atoms with Crippen molar-refractivity contribution in [1.82, 2.24) is 0 Å². The minimum atomic E-state index is 0.0880. The zero-order chi connectivity index (χ0) is 15.1. The van der Waals surface area contributed by atoms with Crippen molar-refractivity contribution >= 4 is 0 Å². The van der Waals surface area contributed by atoms with E-state index in [2.05, 4.69) is 55.5 Å². The van der Waals surface area contributed by atoms with Crippen molar-refractivity contribution in [2.75, 3.05) is 0 Å². The van der Waals surface area contributed by atoms with Gasteiger partial charge in [0.2, 0.25) is 0 Å². The molecule has 0 saturated carbocycles. The molecule has 0 atom stereocenters. The first-order chi connectivity index (χ1) is 10.2. The molecule has 0 radical (unpaired) electrons. The zero-order valence-corrected chi connectivity index (χ0v) is 11.9. The van der Waals surface area contributed by atoms with Crippen LogP contribution in [0.3, 0.4) is 0 Å². The van der Waals surface area contributed by atoms with Crippen molar-refractivity contribution in [1.29, 1.82) is 0 Å². The Morgan fingerprint density at radius 1 is 0.619 bits per heavy atom. The number of hydrogen-bond acceptors (Lipinski definition) is 2. The van der Waals surface area contributed by atoms with Crippen LogP contribution in [0.1, 0.15) is 5.56 Å². The summed E-state index contributed by atoms with van der Waals surface area (Å²) in [4.78, 5) is 0. The van der Waals surface area contributed by atoms with Gasteiger partial charge in [-0.15, -0.1) is 0 Å². The first-order valence-corrected chi connectivity index (χ1v) is 6.76. The maximum absolute atomic E-state index is 8.65. The fourth-order valence-electron chi connectivity index (χ4n) is 2.01. The Labute approximate surface area is 125 Å². The van der Waals surface area contributed by atoms with Crippen molar-refractivity contribution in [2.24, 2.45) is 0 Å². The van der Waals surface area contributed by atoms with Crippen LogP contribution in [0.5, 0.6) is 11.5 Å². The Kier molecular flexibility index (Phi) is 4.99. The van der Waals surface area contributed by atoms with Gasteiger partial charge in [-0.25, -0.2) is 0 Å². The summed E-state index contributed by atoms with van der Waals surface area (Å²) in [5, 5.41) is 17.3. The van der Waals surface area contributed by atoms with Gasteiger partial charge in [0, 0.05) is 6.07 Å². The predicted molar refractivity (Wildman–Crippen MR) is 86.4 cm³/mol. The van der Waals surface area contributed by atoms with E-state index in [4.69, 9.17) is 10.2 Å². The summed E-state index contributed by atoms with van der Waals surface area (Å²) in [6, 6.07) is 24.8. The van der Waals surface area contributed by atoms with E-state index < -0.39 is 0 Å². The van der Waals surface area contributed by atoms with Gasteiger partial charge in [0.15, 0.2) is 0 Å². The van der Waals surface area contributed by atoms with Crippen LogP contribution in [0.15, 0.2) is 78.9 Å². The highest BCUT2D eigenvalue weighted by molar-refractivity contribution is 5.66. The molecule has 0 aliphatic carbocycles. The molecule has 0 amide bonds. The van der Waals surface area contributed by atoms with E-state index in [9.17, 15) is 0 Å². The summed E-state index contributed by atoms with van der Waals surface area (Å²) < 4.78 is 0. The molecule has 21 heavy (non-hydrogen) atoms. The zero-order valence-electron chi connectivity index (χ0n) is 11.9. The van der Waals surface area contributed by atoms with Gasteiger partial charge in [-0.2, -0.15) is 0 Å². The molecule has 2 heteroatoms. The van der Waals surface area contributed by atoms with Gasteiger partial charge in [-0.1, -0.05) is 60.7 Å². The van der Waals surface area contributed by atoms with E-state index in [-0.39, 0.29) is 11.5 Å². The van der Waals surface area contributed by atoms with Crippen LogP contribution in [0.4, 0.5) is 0 Å². The van der Waals surface area contributed by atoms with Crippen LogP contribution in [-0.4, -0.2) is 10.2 Å². The highest BCUT2D eigenvalue weighted by atomic mass is 16.3. The van der Waals surface area contributed by atoms with Crippen molar-refractivity contribution in [3.05, 3.63) is 84.4 Å². The van der Waals surface area contributed by atoms with Crippen LogP contribution >= 0.6 is 0 Å². The van der Waals surface area contributed by atoms with E-state index in [0.717, 1.165) is 0 Å². The van der Waals surface area contributed by atoms with Crippen molar-refractivity contribution < 1.29 is 10.2 Å². The molecule has 2 nitrogen and oxygen atoms in total. The molecule has 0 fully saturated rings. The third-order valence-electron chi connectivity index (χ3n) is 3.06. The number of rotatable bonds is 1. The average molecular weight is 278 g/mol. The maximum atomic E-state index is 8.65. The lowest BCUT2D eigenvalue weighted by molar-refractivity contribution is 0.450. The van der Waals surface area contributed by atoms with Gasteiger partial charge >= 0.3 is 0 Å². The Hall–Kier alpha value is -2.74. The minimum absolute atomic E-state index is 0.0880. The Morgan fingerprint density at radius 3 is 1.71 bits per heavy atom. The van der Waals surface area contributed by atoms with Crippen LogP contribution < -0.4 is 0 Å². The number of phenolic OH excluding ortho intramolecular Hbond substituents is 2. The second-order valence-corrected chi connectivity index (χ2v) is 4.70. The summed E-state index contributed by atoms with van der Waals surface area (Å²) in [5.41, 5.74) is 3.94. The SMILES string of the molecule is Cc1ccccc1-c1ccccc1.Oc1cccc(O)c1. The van der Waals surface area contributed by atoms with Gasteiger partial charge < -0.3 is 10.2 Å². The molecular formula is C19H18O2. The van der Waals surface area contributed by atoms with Crippen molar-refractivity contribution in [3.8, 4) is 22.6 Å². The average Bonchev–Trinajstić information content (AvgIpc) is 2.49. The summed E-state index contributed by atoms with van der Waals surface area (Å²) in [6.45, 7) is 2.14. The minimum Gasteiger partial charge on any atom is -0.508 e. The number of aromatic hydroxyl groups is 2. The smallest absolute Gasteiger partial charge is 0.119 e. The van der Waals surface area contributed by atoms with E-state index in [0.29, 0.717) is 0 Å². The Balaban J connectivity index is 0.000000173. The molecule has 106 valence electrons. The van der Waals surface area contributed by atoms with Crippen molar-refractivity contribution in [2.45, 2.75) is 6.92 Å². The van der Waals surface area contributed by atoms with E-state index >= 15 is 0 Å². The quantitative estimate of drug-likeness (QED) is 0.673. The highest BCUT2D eigenvalue weighted by Crippen LogP contribution is 2.21. The summed E-state index contributed by atoms with van der Waals surface area (Å²) in [6.07, 6.45) is 0. The van der Waals surface area contributed by atoms with E-state index in [1.54, 1.807) is 6.07 Å². The lowest BCUT2D eigenvalue weighted by Crippen LogP contribution is -1.80. The normalized spacial score (nSPS) is 9.57. The molecule has 0 bridgehead atoms. The molecule has 3 aromatic rings. The highest BCUT2D eigenvalue weighted by Gasteiger charge is 1.97. The van der Waals surface area contributed by atoms with E-state index in [1.807, 2.05) is 6.07 Å². The van der Waals surface area contributed by atoms with Gasteiger partial charge in [-0.3, -0.25) is 0 Å². The fraction of sp³-hybridized carbons (Fsp3) is 0.0526. The number of aryl methyl sites for hydroxylation is 1. The molecule has 3 rings (SSSR count). The Bertz CT molecular complexity index is 673. The lowest BCUT2D eigenvalue weighted by Gasteiger charge is -2.04. The van der Waals surface area contributed by atoms with Crippen LogP contribution in [-0.2, 0) is 0 Å². The summed E-state index contributed by atoms with van der Waals surface area (Å²) >= 11 is 0. The Morgan fingerprint density at radius 2 is 1.19 bits per heavy atom. The molecule has 0 spiro atoms. The molecule has 0 saturated heterocycles. The molecule has 0 aliphatic rings. The summed E-state index contributed by atoms with van der Waals surface area (Å²) in [7, 11) is 0. The third kappa shape index (κ3) is 4.39. The largest absolute Gasteiger partial charge is 0.508 e. The van der Waals surface area contributed by atoms with Crippen LogP contribution in [0.25, 0.3) is 11.1 Å². The summed E-state index contributed by atoms with van der Waals surface area (Å²) in [5.74, 6) is 0.176. The molecule has 0 aromatic heterocycles.